The van der Waals surface area contributed by atoms with Crippen LogP contribution in [0.15, 0.2) is 18.2 Å². The molecule has 1 heterocycles. The van der Waals surface area contributed by atoms with Crippen LogP contribution in [0.1, 0.15) is 31.7 Å². The SMILES string of the molecule is CC1CCN(C(=O)CCSCc2ccc(Cl)c(Cl)c2)CC1. The second kappa shape index (κ2) is 8.30. The number of amides is 1. The molecular formula is C16H21Cl2NOS. The summed E-state index contributed by atoms with van der Waals surface area (Å²) in [6.07, 6.45) is 2.91. The third-order valence-electron chi connectivity index (χ3n) is 3.85. The zero-order chi connectivity index (χ0) is 15.2. The Morgan fingerprint density at radius 3 is 2.67 bits per heavy atom. The maximum absolute atomic E-state index is 12.1. The molecule has 21 heavy (non-hydrogen) atoms. The standard InChI is InChI=1S/C16H21Cl2NOS/c1-12-4-7-19(8-5-12)16(20)6-9-21-11-13-2-3-14(17)15(18)10-13/h2-3,10,12H,4-9,11H2,1H3. The van der Waals surface area contributed by atoms with Crippen molar-refractivity contribution in [1.29, 1.82) is 0 Å². The molecule has 0 saturated carbocycles. The third kappa shape index (κ3) is 5.39. The number of halogens is 2. The molecule has 0 N–H and O–H groups in total. The topological polar surface area (TPSA) is 20.3 Å². The summed E-state index contributed by atoms with van der Waals surface area (Å²) in [5, 5.41) is 1.17. The molecule has 0 aliphatic carbocycles. The zero-order valence-corrected chi connectivity index (χ0v) is 14.6. The van der Waals surface area contributed by atoms with Gasteiger partial charge in [-0.3, -0.25) is 4.79 Å². The van der Waals surface area contributed by atoms with Gasteiger partial charge < -0.3 is 4.90 Å². The maximum Gasteiger partial charge on any atom is 0.223 e. The van der Waals surface area contributed by atoms with Gasteiger partial charge in [0.2, 0.25) is 5.91 Å². The largest absolute Gasteiger partial charge is 0.343 e. The van der Waals surface area contributed by atoms with E-state index in [0.717, 1.165) is 48.9 Å². The van der Waals surface area contributed by atoms with Crippen molar-refractivity contribution in [2.75, 3.05) is 18.8 Å². The Hall–Kier alpha value is -0.380. The van der Waals surface area contributed by atoms with Gasteiger partial charge in [0, 0.05) is 31.0 Å². The Kier molecular flexibility index (Phi) is 6.72. The van der Waals surface area contributed by atoms with Crippen LogP contribution in [0.3, 0.4) is 0 Å². The summed E-state index contributed by atoms with van der Waals surface area (Å²) in [6, 6.07) is 5.69. The molecular weight excluding hydrogens is 325 g/mol. The molecule has 0 spiro atoms. The highest BCUT2D eigenvalue weighted by molar-refractivity contribution is 7.98. The molecule has 1 aromatic carbocycles. The number of hydrogen-bond acceptors (Lipinski definition) is 2. The van der Waals surface area contributed by atoms with Crippen LogP contribution in [0.2, 0.25) is 10.0 Å². The predicted molar refractivity (Wildman–Crippen MR) is 92.2 cm³/mol. The van der Waals surface area contributed by atoms with Gasteiger partial charge in [-0.1, -0.05) is 36.2 Å². The number of piperidine rings is 1. The molecule has 0 atom stereocenters. The van der Waals surface area contributed by atoms with Crippen LogP contribution in [0.25, 0.3) is 0 Å². The van der Waals surface area contributed by atoms with Crippen molar-refractivity contribution in [3.8, 4) is 0 Å². The molecule has 0 unspecified atom stereocenters. The minimum atomic E-state index is 0.295. The van der Waals surface area contributed by atoms with E-state index < -0.39 is 0 Å². The van der Waals surface area contributed by atoms with Crippen LogP contribution in [0.5, 0.6) is 0 Å². The van der Waals surface area contributed by atoms with Crippen molar-refractivity contribution in [2.45, 2.75) is 31.9 Å². The molecule has 2 nitrogen and oxygen atoms in total. The summed E-state index contributed by atoms with van der Waals surface area (Å²) < 4.78 is 0. The molecule has 1 aliphatic rings. The maximum atomic E-state index is 12.1. The van der Waals surface area contributed by atoms with Crippen LogP contribution in [-0.4, -0.2) is 29.6 Å². The lowest BCUT2D eigenvalue weighted by molar-refractivity contribution is -0.132. The van der Waals surface area contributed by atoms with E-state index in [0.29, 0.717) is 22.4 Å². The van der Waals surface area contributed by atoms with Crippen molar-refractivity contribution < 1.29 is 4.79 Å². The molecule has 1 fully saturated rings. The number of likely N-dealkylation sites (tertiary alicyclic amines) is 1. The van der Waals surface area contributed by atoms with Gasteiger partial charge in [-0.25, -0.2) is 0 Å². The molecule has 0 radical (unpaired) electrons. The Balaban J connectivity index is 1.67. The highest BCUT2D eigenvalue weighted by Gasteiger charge is 2.19. The molecule has 2 rings (SSSR count). The fourth-order valence-electron chi connectivity index (χ4n) is 2.40. The minimum Gasteiger partial charge on any atom is -0.343 e. The summed E-state index contributed by atoms with van der Waals surface area (Å²) in [4.78, 5) is 14.1. The number of nitrogens with zero attached hydrogens (tertiary/aromatic N) is 1. The van der Waals surface area contributed by atoms with E-state index in [1.807, 2.05) is 23.1 Å². The zero-order valence-electron chi connectivity index (χ0n) is 12.3. The van der Waals surface area contributed by atoms with Gasteiger partial charge >= 0.3 is 0 Å². The van der Waals surface area contributed by atoms with Crippen molar-refractivity contribution in [1.82, 2.24) is 4.90 Å². The third-order valence-corrected chi connectivity index (χ3v) is 5.62. The highest BCUT2D eigenvalue weighted by atomic mass is 35.5. The van der Waals surface area contributed by atoms with Gasteiger partial charge in [0.25, 0.3) is 0 Å². The molecule has 0 bridgehead atoms. The first-order valence-corrected chi connectivity index (χ1v) is 9.27. The van der Waals surface area contributed by atoms with Gasteiger partial charge in [-0.15, -0.1) is 0 Å². The first-order chi connectivity index (χ1) is 10.1. The smallest absolute Gasteiger partial charge is 0.223 e. The molecule has 1 amide bonds. The Labute approximate surface area is 141 Å². The van der Waals surface area contributed by atoms with Crippen LogP contribution in [0.4, 0.5) is 0 Å². The van der Waals surface area contributed by atoms with Gasteiger partial charge in [-0.2, -0.15) is 11.8 Å². The normalized spacial score (nSPS) is 16.2. The number of rotatable bonds is 5. The first-order valence-electron chi connectivity index (χ1n) is 7.35. The van der Waals surface area contributed by atoms with E-state index in [1.54, 1.807) is 11.8 Å². The van der Waals surface area contributed by atoms with Crippen LogP contribution >= 0.6 is 35.0 Å². The summed E-state index contributed by atoms with van der Waals surface area (Å²) in [5.41, 5.74) is 1.15. The van der Waals surface area contributed by atoms with E-state index in [9.17, 15) is 4.79 Å². The monoisotopic (exact) mass is 345 g/mol. The van der Waals surface area contributed by atoms with Crippen molar-refractivity contribution in [2.24, 2.45) is 5.92 Å². The first kappa shape index (κ1) is 17.0. The van der Waals surface area contributed by atoms with E-state index in [4.69, 9.17) is 23.2 Å². The lowest BCUT2D eigenvalue weighted by Crippen LogP contribution is -2.38. The van der Waals surface area contributed by atoms with Gasteiger partial charge in [0.05, 0.1) is 10.0 Å². The summed E-state index contributed by atoms with van der Waals surface area (Å²) in [5.74, 6) is 2.77. The average molecular weight is 346 g/mol. The van der Waals surface area contributed by atoms with Gasteiger partial charge in [-0.05, 0) is 36.5 Å². The Bertz CT molecular complexity index is 487. The Morgan fingerprint density at radius 1 is 1.29 bits per heavy atom. The quantitative estimate of drug-likeness (QED) is 0.709. The predicted octanol–water partition coefficient (Wildman–Crippen LogP) is 4.88. The van der Waals surface area contributed by atoms with E-state index in [1.165, 1.54) is 0 Å². The van der Waals surface area contributed by atoms with Crippen molar-refractivity contribution in [3.05, 3.63) is 33.8 Å². The second-order valence-corrected chi connectivity index (χ2v) is 7.53. The number of carbonyl (C=O) groups is 1. The molecule has 1 aromatic rings. The van der Waals surface area contributed by atoms with Crippen LogP contribution in [0, 0.1) is 5.92 Å². The van der Waals surface area contributed by atoms with Crippen LogP contribution in [-0.2, 0) is 10.5 Å². The van der Waals surface area contributed by atoms with Crippen molar-refractivity contribution in [3.63, 3.8) is 0 Å². The highest BCUT2D eigenvalue weighted by Crippen LogP contribution is 2.25. The summed E-state index contributed by atoms with van der Waals surface area (Å²) >= 11 is 13.6. The number of hydrogen-bond donors (Lipinski definition) is 0. The molecule has 1 saturated heterocycles. The van der Waals surface area contributed by atoms with Crippen LogP contribution < -0.4 is 0 Å². The summed E-state index contributed by atoms with van der Waals surface area (Å²) in [7, 11) is 0. The molecule has 5 heteroatoms. The summed E-state index contributed by atoms with van der Waals surface area (Å²) in [6.45, 7) is 4.11. The Morgan fingerprint density at radius 2 is 2.00 bits per heavy atom. The van der Waals surface area contributed by atoms with E-state index in [-0.39, 0.29) is 0 Å². The number of benzene rings is 1. The lowest BCUT2D eigenvalue weighted by Gasteiger charge is -2.30. The number of carbonyl (C=O) groups excluding carboxylic acids is 1. The van der Waals surface area contributed by atoms with Crippen molar-refractivity contribution >= 4 is 40.9 Å². The van der Waals surface area contributed by atoms with Gasteiger partial charge in [0.1, 0.15) is 0 Å². The molecule has 1 aliphatic heterocycles. The molecule has 116 valence electrons. The lowest BCUT2D eigenvalue weighted by atomic mass is 9.99. The second-order valence-electron chi connectivity index (χ2n) is 5.61. The van der Waals surface area contributed by atoms with Gasteiger partial charge in [0.15, 0.2) is 0 Å². The fourth-order valence-corrected chi connectivity index (χ4v) is 3.59. The van der Waals surface area contributed by atoms with E-state index in [2.05, 4.69) is 6.92 Å². The fraction of sp³-hybridized carbons (Fsp3) is 0.562. The minimum absolute atomic E-state index is 0.295. The number of thioether (sulfide) groups is 1. The average Bonchev–Trinajstić information content (AvgIpc) is 2.47. The van der Waals surface area contributed by atoms with E-state index >= 15 is 0 Å². The molecule has 0 aromatic heterocycles.